The molecule has 0 aromatic heterocycles. The van der Waals surface area contributed by atoms with Gasteiger partial charge < -0.3 is 9.84 Å². The zero-order chi connectivity index (χ0) is 15.5. The summed E-state index contributed by atoms with van der Waals surface area (Å²) in [5.74, 6) is 3.72. The van der Waals surface area contributed by atoms with Crippen molar-refractivity contribution in [2.24, 2.45) is 23.2 Å². The zero-order valence-corrected chi connectivity index (χ0v) is 13.8. The predicted molar refractivity (Wildman–Crippen MR) is 88.3 cm³/mol. The second-order valence-corrected chi connectivity index (χ2v) is 7.78. The van der Waals surface area contributed by atoms with Crippen LogP contribution in [0.5, 0.6) is 11.5 Å². The Labute approximate surface area is 133 Å². The van der Waals surface area contributed by atoms with E-state index in [1.54, 1.807) is 7.11 Å². The van der Waals surface area contributed by atoms with Gasteiger partial charge in [0.05, 0.1) is 7.11 Å². The van der Waals surface area contributed by atoms with E-state index in [1.165, 1.54) is 30.4 Å². The second-order valence-electron chi connectivity index (χ2n) is 7.78. The van der Waals surface area contributed by atoms with Gasteiger partial charge in [0.2, 0.25) is 0 Å². The molecule has 1 fully saturated rings. The van der Waals surface area contributed by atoms with Crippen molar-refractivity contribution in [3.05, 3.63) is 35.4 Å². The van der Waals surface area contributed by atoms with Crippen LogP contribution in [-0.4, -0.2) is 12.2 Å². The van der Waals surface area contributed by atoms with E-state index in [-0.39, 0.29) is 5.75 Å². The zero-order valence-electron chi connectivity index (χ0n) is 13.8. The van der Waals surface area contributed by atoms with E-state index < -0.39 is 0 Å². The van der Waals surface area contributed by atoms with Gasteiger partial charge in [0.1, 0.15) is 0 Å². The maximum atomic E-state index is 10.1. The Balaban J connectivity index is 1.74. The van der Waals surface area contributed by atoms with Crippen LogP contribution in [0.1, 0.15) is 50.2 Å². The fourth-order valence-electron chi connectivity index (χ4n) is 5.43. The van der Waals surface area contributed by atoms with Crippen molar-refractivity contribution in [1.82, 2.24) is 0 Å². The van der Waals surface area contributed by atoms with Gasteiger partial charge in [-0.1, -0.05) is 26.0 Å². The van der Waals surface area contributed by atoms with Crippen molar-refractivity contribution < 1.29 is 9.84 Å². The van der Waals surface area contributed by atoms with E-state index in [0.717, 1.165) is 12.3 Å². The first-order chi connectivity index (χ1) is 10.5. The second kappa shape index (κ2) is 4.78. The van der Waals surface area contributed by atoms with E-state index in [0.29, 0.717) is 28.9 Å². The number of rotatable bonds is 1. The fourth-order valence-corrected chi connectivity index (χ4v) is 5.43. The molecular weight excluding hydrogens is 272 g/mol. The molecule has 0 heterocycles. The molecule has 0 saturated heterocycles. The molecule has 0 bridgehead atoms. The Morgan fingerprint density at radius 1 is 1.23 bits per heavy atom. The van der Waals surface area contributed by atoms with Crippen molar-refractivity contribution in [3.8, 4) is 11.5 Å². The molecule has 3 aliphatic carbocycles. The number of hydrogen-bond donors (Lipinski definition) is 1. The number of allylic oxidation sites excluding steroid dienone is 2. The van der Waals surface area contributed by atoms with Gasteiger partial charge in [-0.3, -0.25) is 0 Å². The van der Waals surface area contributed by atoms with Crippen molar-refractivity contribution in [2.45, 2.75) is 45.4 Å². The minimum absolute atomic E-state index is 0.287. The molecule has 1 N–H and O–H groups in total. The molecule has 0 aliphatic heterocycles. The van der Waals surface area contributed by atoms with Gasteiger partial charge in [0.25, 0.3) is 0 Å². The summed E-state index contributed by atoms with van der Waals surface area (Å²) in [6.45, 7) is 4.88. The molecule has 0 spiro atoms. The molecule has 118 valence electrons. The van der Waals surface area contributed by atoms with Crippen LogP contribution in [0.15, 0.2) is 24.3 Å². The van der Waals surface area contributed by atoms with Crippen molar-refractivity contribution in [1.29, 1.82) is 0 Å². The Bertz CT molecular complexity index is 633. The minimum Gasteiger partial charge on any atom is -0.504 e. The molecule has 1 aromatic rings. The summed E-state index contributed by atoms with van der Waals surface area (Å²) < 4.78 is 5.35. The number of aromatic hydroxyl groups is 1. The molecule has 0 amide bonds. The Morgan fingerprint density at radius 3 is 2.82 bits per heavy atom. The normalized spacial score (nSPS) is 39.0. The summed E-state index contributed by atoms with van der Waals surface area (Å²) >= 11 is 0. The molecule has 1 aromatic carbocycles. The maximum Gasteiger partial charge on any atom is 0.160 e. The van der Waals surface area contributed by atoms with E-state index in [2.05, 4.69) is 32.1 Å². The van der Waals surface area contributed by atoms with E-state index >= 15 is 0 Å². The summed E-state index contributed by atoms with van der Waals surface area (Å²) in [4.78, 5) is 0. The van der Waals surface area contributed by atoms with Crippen LogP contribution in [0.4, 0.5) is 0 Å². The quantitative estimate of drug-likeness (QED) is 0.763. The SMILES string of the molecule is COc1cc2c(cc1O)CCC1C2CC[C@@]2(C)C1C=C[C@@H]2C. The maximum absolute atomic E-state index is 10.1. The molecule has 4 rings (SSSR count). The van der Waals surface area contributed by atoms with E-state index in [9.17, 15) is 5.11 Å². The lowest BCUT2D eigenvalue weighted by molar-refractivity contribution is 0.0487. The first-order valence-electron chi connectivity index (χ1n) is 8.62. The van der Waals surface area contributed by atoms with Crippen LogP contribution in [0, 0.1) is 23.2 Å². The first-order valence-corrected chi connectivity index (χ1v) is 8.62. The smallest absolute Gasteiger partial charge is 0.160 e. The third-order valence-electron chi connectivity index (χ3n) is 6.97. The minimum atomic E-state index is 0.287. The molecule has 22 heavy (non-hydrogen) atoms. The Hall–Kier alpha value is -1.44. The van der Waals surface area contributed by atoms with Crippen LogP contribution >= 0.6 is 0 Å². The van der Waals surface area contributed by atoms with Gasteiger partial charge in [-0.2, -0.15) is 0 Å². The molecule has 0 radical (unpaired) electrons. The fraction of sp³-hybridized carbons (Fsp3) is 0.600. The van der Waals surface area contributed by atoms with Crippen LogP contribution in [0.25, 0.3) is 0 Å². The highest BCUT2D eigenvalue weighted by Crippen LogP contribution is 2.60. The number of methoxy groups -OCH3 is 1. The van der Waals surface area contributed by atoms with Crippen LogP contribution in [-0.2, 0) is 6.42 Å². The first kappa shape index (κ1) is 14.2. The number of benzene rings is 1. The molecule has 2 heteroatoms. The van der Waals surface area contributed by atoms with Crippen LogP contribution in [0.3, 0.4) is 0 Å². The van der Waals surface area contributed by atoms with E-state index in [4.69, 9.17) is 4.74 Å². The third-order valence-corrected chi connectivity index (χ3v) is 6.97. The summed E-state index contributed by atoms with van der Waals surface area (Å²) in [6.07, 6.45) is 9.86. The van der Waals surface area contributed by atoms with Gasteiger partial charge in [-0.15, -0.1) is 0 Å². The Morgan fingerprint density at radius 2 is 2.05 bits per heavy atom. The molecular formula is C20H26O2. The molecule has 5 atom stereocenters. The van der Waals surface area contributed by atoms with Gasteiger partial charge >= 0.3 is 0 Å². The molecule has 3 unspecified atom stereocenters. The third kappa shape index (κ3) is 1.79. The summed E-state index contributed by atoms with van der Waals surface area (Å²) in [7, 11) is 1.64. The highest BCUT2D eigenvalue weighted by molar-refractivity contribution is 5.49. The topological polar surface area (TPSA) is 29.5 Å². The van der Waals surface area contributed by atoms with Gasteiger partial charge in [-0.25, -0.2) is 0 Å². The molecule has 2 nitrogen and oxygen atoms in total. The van der Waals surface area contributed by atoms with Crippen LogP contribution in [0.2, 0.25) is 0 Å². The van der Waals surface area contributed by atoms with Gasteiger partial charge in [-0.05, 0) is 78.0 Å². The molecule has 3 aliphatic rings. The summed E-state index contributed by atoms with van der Waals surface area (Å²) in [5.41, 5.74) is 3.22. The predicted octanol–water partition coefficient (Wildman–Crippen LogP) is 4.67. The largest absolute Gasteiger partial charge is 0.504 e. The van der Waals surface area contributed by atoms with Crippen molar-refractivity contribution in [3.63, 3.8) is 0 Å². The highest BCUT2D eigenvalue weighted by atomic mass is 16.5. The van der Waals surface area contributed by atoms with Gasteiger partial charge in [0.15, 0.2) is 11.5 Å². The summed E-state index contributed by atoms with van der Waals surface area (Å²) in [6, 6.07) is 4.04. The average Bonchev–Trinajstić information content (AvgIpc) is 2.82. The number of aryl methyl sites for hydroxylation is 1. The lowest BCUT2D eigenvalue weighted by Crippen LogP contribution is -2.42. The standard InChI is InChI=1S/C20H26O2/c1-12-4-7-17-15-6-5-13-10-18(21)19(22-3)11-16(13)14(15)8-9-20(12,17)2/h4,7,10-12,14-15,17,21H,5-6,8-9H2,1-3H3/t12-,14?,15?,17?,20+/m0/s1. The lowest BCUT2D eigenvalue weighted by Gasteiger charge is -2.50. The van der Waals surface area contributed by atoms with Crippen LogP contribution < -0.4 is 4.74 Å². The number of ether oxygens (including phenoxy) is 1. The van der Waals surface area contributed by atoms with Crippen molar-refractivity contribution in [2.75, 3.05) is 7.11 Å². The Kier molecular flexibility index (Phi) is 3.08. The average molecular weight is 298 g/mol. The molecule has 1 saturated carbocycles. The number of phenols is 1. The lowest BCUT2D eigenvalue weighted by atomic mass is 9.54. The number of fused-ring (bicyclic) bond motifs is 5. The van der Waals surface area contributed by atoms with Gasteiger partial charge in [0, 0.05) is 0 Å². The number of hydrogen-bond acceptors (Lipinski definition) is 2. The summed E-state index contributed by atoms with van der Waals surface area (Å²) in [5, 5.41) is 10.1. The number of phenolic OH excluding ortho intramolecular Hbond substituents is 1. The highest BCUT2D eigenvalue weighted by Gasteiger charge is 2.51. The van der Waals surface area contributed by atoms with E-state index in [1.807, 2.05) is 6.07 Å². The van der Waals surface area contributed by atoms with Crippen molar-refractivity contribution >= 4 is 0 Å². The monoisotopic (exact) mass is 298 g/mol.